The van der Waals surface area contributed by atoms with E-state index >= 15 is 0 Å². The molecule has 1 aliphatic rings. The van der Waals surface area contributed by atoms with E-state index < -0.39 is 0 Å². The van der Waals surface area contributed by atoms with Gasteiger partial charge in [0.2, 0.25) is 11.8 Å². The summed E-state index contributed by atoms with van der Waals surface area (Å²) in [6, 6.07) is 8.10. The molecule has 0 saturated heterocycles. The summed E-state index contributed by atoms with van der Waals surface area (Å²) in [4.78, 5) is 33.1. The topological polar surface area (TPSA) is 61.7 Å². The zero-order chi connectivity index (χ0) is 25.4. The van der Waals surface area contributed by atoms with Gasteiger partial charge in [-0.1, -0.05) is 45.9 Å². The van der Waals surface area contributed by atoms with Crippen molar-refractivity contribution in [3.8, 4) is 0 Å². The molecule has 7 nitrogen and oxygen atoms in total. The summed E-state index contributed by atoms with van der Waals surface area (Å²) in [5.41, 5.74) is 3.06. The maximum Gasteiger partial charge on any atom is 0.227 e. The highest BCUT2D eigenvalue weighted by Gasteiger charge is 2.24. The Labute approximate surface area is 211 Å². The molecule has 0 unspecified atom stereocenters. The number of anilines is 1. The molecule has 1 aliphatic heterocycles. The molecule has 0 saturated carbocycles. The van der Waals surface area contributed by atoms with Gasteiger partial charge in [-0.2, -0.15) is 5.10 Å². The first kappa shape index (κ1) is 26.9. The zero-order valence-electron chi connectivity index (χ0n) is 22.2. The van der Waals surface area contributed by atoms with E-state index in [1.807, 2.05) is 47.4 Å². The van der Waals surface area contributed by atoms with Crippen LogP contribution < -0.4 is 4.90 Å². The number of aromatic nitrogens is 2. The van der Waals surface area contributed by atoms with Crippen LogP contribution in [-0.4, -0.2) is 64.1 Å². The highest BCUT2D eigenvalue weighted by molar-refractivity contribution is 5.94. The van der Waals surface area contributed by atoms with E-state index in [-0.39, 0.29) is 11.8 Å². The summed E-state index contributed by atoms with van der Waals surface area (Å²) in [6.45, 7) is 13.3. The van der Waals surface area contributed by atoms with Crippen LogP contribution in [0.1, 0.15) is 58.1 Å². The quantitative estimate of drug-likeness (QED) is 0.597. The molecular formula is C28H43N5O2. The molecule has 0 aliphatic carbocycles. The van der Waals surface area contributed by atoms with Crippen LogP contribution in [0.5, 0.6) is 0 Å². The minimum absolute atomic E-state index is 0.146. The van der Waals surface area contributed by atoms with E-state index in [9.17, 15) is 9.59 Å². The highest BCUT2D eigenvalue weighted by atomic mass is 16.2. The van der Waals surface area contributed by atoms with E-state index in [0.717, 1.165) is 42.9 Å². The fraction of sp³-hybridized carbons (Fsp3) is 0.607. The van der Waals surface area contributed by atoms with Crippen LogP contribution in [0, 0.1) is 11.8 Å². The lowest BCUT2D eigenvalue weighted by atomic mass is 10.1. The number of hydrogen-bond acceptors (Lipinski definition) is 4. The second-order valence-corrected chi connectivity index (χ2v) is 10.7. The Balaban J connectivity index is 1.86. The van der Waals surface area contributed by atoms with Crippen LogP contribution >= 0.6 is 0 Å². The van der Waals surface area contributed by atoms with Crippen molar-refractivity contribution < 1.29 is 9.59 Å². The minimum Gasteiger partial charge on any atom is -0.337 e. The number of amides is 2. The lowest BCUT2D eigenvalue weighted by Gasteiger charge is -2.29. The molecule has 0 atom stereocenters. The Morgan fingerprint density at radius 3 is 2.43 bits per heavy atom. The molecule has 3 rings (SSSR count). The number of carbonyl (C=O) groups excluding carboxylic acids is 2. The van der Waals surface area contributed by atoms with E-state index in [1.165, 1.54) is 0 Å². The summed E-state index contributed by atoms with van der Waals surface area (Å²) in [6.07, 6.45) is 6.38. The van der Waals surface area contributed by atoms with Crippen molar-refractivity contribution in [2.45, 2.75) is 59.9 Å². The standard InChI is InChI=1S/C28H43N5O2/c1-22(2)17-28(35)33-14-8-13-31(19-23(3)4)15-16-32(21-25-9-6-7-10-26(25)33)27(34)12-11-24-18-29-30(5)20-24/h6-7,9-10,18,20,22-23H,8,11-17,19,21H2,1-5H3. The highest BCUT2D eigenvalue weighted by Crippen LogP contribution is 2.25. The lowest BCUT2D eigenvalue weighted by molar-refractivity contribution is -0.132. The first-order chi connectivity index (χ1) is 16.7. The molecule has 192 valence electrons. The SMILES string of the molecule is CC(C)CC(=O)N1CCCN(CC(C)C)CCN(C(=O)CCc2cnn(C)c2)Cc2ccccc21. The fourth-order valence-electron chi connectivity index (χ4n) is 4.78. The third-order valence-corrected chi connectivity index (χ3v) is 6.43. The summed E-state index contributed by atoms with van der Waals surface area (Å²) >= 11 is 0. The Hall–Kier alpha value is -2.67. The van der Waals surface area contributed by atoms with Crippen molar-refractivity contribution in [3.05, 3.63) is 47.8 Å². The number of fused-ring (bicyclic) bond motifs is 1. The average molecular weight is 482 g/mol. The molecule has 0 fully saturated rings. The Morgan fingerprint density at radius 2 is 1.74 bits per heavy atom. The molecule has 1 aromatic carbocycles. The molecule has 35 heavy (non-hydrogen) atoms. The molecule has 1 aromatic heterocycles. The summed E-state index contributed by atoms with van der Waals surface area (Å²) < 4.78 is 1.77. The monoisotopic (exact) mass is 481 g/mol. The first-order valence-corrected chi connectivity index (χ1v) is 13.1. The number of para-hydroxylation sites is 1. The van der Waals surface area contributed by atoms with Gasteiger partial charge in [0.1, 0.15) is 0 Å². The third kappa shape index (κ3) is 8.20. The molecule has 7 heteroatoms. The Bertz CT molecular complexity index is 968. The van der Waals surface area contributed by atoms with Crippen LogP contribution in [0.4, 0.5) is 5.69 Å². The van der Waals surface area contributed by atoms with Crippen molar-refractivity contribution in [1.29, 1.82) is 0 Å². The molecule has 0 radical (unpaired) electrons. The van der Waals surface area contributed by atoms with E-state index in [4.69, 9.17) is 0 Å². The lowest BCUT2D eigenvalue weighted by Crippen LogP contribution is -2.40. The number of carbonyl (C=O) groups is 2. The summed E-state index contributed by atoms with van der Waals surface area (Å²) in [7, 11) is 1.89. The van der Waals surface area contributed by atoms with Gasteiger partial charge in [0.15, 0.2) is 0 Å². The largest absolute Gasteiger partial charge is 0.337 e. The van der Waals surface area contributed by atoms with E-state index in [1.54, 1.807) is 4.68 Å². The van der Waals surface area contributed by atoms with Gasteiger partial charge in [-0.15, -0.1) is 0 Å². The average Bonchev–Trinajstić information content (AvgIpc) is 3.20. The second kappa shape index (κ2) is 12.9. The predicted octanol–water partition coefficient (Wildman–Crippen LogP) is 4.12. The third-order valence-electron chi connectivity index (χ3n) is 6.43. The summed E-state index contributed by atoms with van der Waals surface area (Å²) in [5, 5.41) is 4.23. The number of aryl methyl sites for hydroxylation is 2. The molecule has 2 aromatic rings. The zero-order valence-corrected chi connectivity index (χ0v) is 22.2. The van der Waals surface area contributed by atoms with Crippen molar-refractivity contribution in [2.24, 2.45) is 18.9 Å². The van der Waals surface area contributed by atoms with Gasteiger partial charge in [-0.05, 0) is 48.4 Å². The van der Waals surface area contributed by atoms with Gasteiger partial charge in [0, 0.05) is 64.5 Å². The van der Waals surface area contributed by atoms with Crippen LogP contribution in [-0.2, 0) is 29.6 Å². The number of hydrogen-bond donors (Lipinski definition) is 0. The molecule has 0 bridgehead atoms. The minimum atomic E-state index is 0.146. The maximum absolute atomic E-state index is 13.4. The van der Waals surface area contributed by atoms with Gasteiger partial charge in [-0.25, -0.2) is 0 Å². The molecule has 0 N–H and O–H groups in total. The van der Waals surface area contributed by atoms with Gasteiger partial charge in [0.25, 0.3) is 0 Å². The second-order valence-electron chi connectivity index (χ2n) is 10.7. The predicted molar refractivity (Wildman–Crippen MR) is 141 cm³/mol. The molecular weight excluding hydrogens is 438 g/mol. The van der Waals surface area contributed by atoms with Crippen molar-refractivity contribution in [3.63, 3.8) is 0 Å². The van der Waals surface area contributed by atoms with Crippen LogP contribution in [0.25, 0.3) is 0 Å². The van der Waals surface area contributed by atoms with Crippen LogP contribution in [0.3, 0.4) is 0 Å². The molecule has 0 spiro atoms. The number of benzene rings is 1. The molecule has 2 amide bonds. The number of rotatable bonds is 7. The van der Waals surface area contributed by atoms with Gasteiger partial charge in [-0.3, -0.25) is 14.3 Å². The summed E-state index contributed by atoms with van der Waals surface area (Å²) in [5.74, 6) is 1.16. The first-order valence-electron chi connectivity index (χ1n) is 13.1. The van der Waals surface area contributed by atoms with Gasteiger partial charge < -0.3 is 14.7 Å². The van der Waals surface area contributed by atoms with E-state index in [2.05, 4.69) is 43.8 Å². The van der Waals surface area contributed by atoms with Gasteiger partial charge in [0.05, 0.1) is 6.20 Å². The smallest absolute Gasteiger partial charge is 0.227 e. The van der Waals surface area contributed by atoms with Gasteiger partial charge >= 0.3 is 0 Å². The Kier molecular flexibility index (Phi) is 9.90. The normalized spacial score (nSPS) is 15.9. The van der Waals surface area contributed by atoms with Crippen molar-refractivity contribution >= 4 is 17.5 Å². The van der Waals surface area contributed by atoms with Crippen LogP contribution in [0.2, 0.25) is 0 Å². The number of nitrogens with zero attached hydrogens (tertiary/aromatic N) is 5. The van der Waals surface area contributed by atoms with Crippen LogP contribution in [0.15, 0.2) is 36.7 Å². The Morgan fingerprint density at radius 1 is 0.971 bits per heavy atom. The van der Waals surface area contributed by atoms with Crippen molar-refractivity contribution in [1.82, 2.24) is 19.6 Å². The molecule has 2 heterocycles. The maximum atomic E-state index is 13.4. The fourth-order valence-corrected chi connectivity index (χ4v) is 4.78. The van der Waals surface area contributed by atoms with E-state index in [0.29, 0.717) is 50.7 Å². The van der Waals surface area contributed by atoms with Crippen molar-refractivity contribution in [2.75, 3.05) is 37.6 Å².